The van der Waals surface area contributed by atoms with Gasteiger partial charge in [0.1, 0.15) is 17.3 Å². The SMILES string of the molecule is O=C1C(=O)N(c2cccc(OC(F)(F)F)c2)C(c2cccnc2)/C1=C(/O)c1ccc2c(c1)CCCO2. The van der Waals surface area contributed by atoms with Crippen LogP contribution in [-0.2, 0) is 16.0 Å². The lowest BCUT2D eigenvalue weighted by Crippen LogP contribution is -2.29. The number of aliphatic hydroxyl groups is 1. The highest BCUT2D eigenvalue weighted by atomic mass is 19.4. The van der Waals surface area contributed by atoms with Gasteiger partial charge in [0.2, 0.25) is 0 Å². The third-order valence-corrected chi connectivity index (χ3v) is 5.96. The number of hydrogen-bond acceptors (Lipinski definition) is 6. The topological polar surface area (TPSA) is 89.0 Å². The monoisotopic (exact) mass is 496 g/mol. The molecule has 2 aliphatic rings. The maximum Gasteiger partial charge on any atom is 0.573 e. The van der Waals surface area contributed by atoms with E-state index in [4.69, 9.17) is 4.74 Å². The molecule has 5 rings (SSSR count). The van der Waals surface area contributed by atoms with E-state index in [2.05, 4.69) is 9.72 Å². The number of aryl methyl sites for hydroxylation is 1. The maximum atomic E-state index is 13.2. The summed E-state index contributed by atoms with van der Waals surface area (Å²) in [6, 6.07) is 11.8. The van der Waals surface area contributed by atoms with Gasteiger partial charge in [0.05, 0.1) is 18.2 Å². The molecule has 2 aliphatic heterocycles. The minimum absolute atomic E-state index is 0.00871. The van der Waals surface area contributed by atoms with Gasteiger partial charge in [-0.25, -0.2) is 0 Å². The minimum atomic E-state index is -4.94. The Bertz CT molecular complexity index is 1370. The Morgan fingerprint density at radius 1 is 1.11 bits per heavy atom. The molecule has 1 atom stereocenters. The minimum Gasteiger partial charge on any atom is -0.507 e. The van der Waals surface area contributed by atoms with Gasteiger partial charge in [-0.15, -0.1) is 13.2 Å². The molecule has 10 heteroatoms. The zero-order valence-corrected chi connectivity index (χ0v) is 18.7. The molecule has 1 N–H and O–H groups in total. The molecule has 0 spiro atoms. The summed E-state index contributed by atoms with van der Waals surface area (Å²) in [5, 5.41) is 11.3. The Balaban J connectivity index is 1.65. The van der Waals surface area contributed by atoms with Gasteiger partial charge >= 0.3 is 6.36 Å². The number of carbonyl (C=O) groups is 2. The van der Waals surface area contributed by atoms with Gasteiger partial charge < -0.3 is 14.6 Å². The Morgan fingerprint density at radius 3 is 2.69 bits per heavy atom. The second-order valence-corrected chi connectivity index (χ2v) is 8.28. The number of hydrogen-bond donors (Lipinski definition) is 1. The number of nitrogens with zero attached hydrogens (tertiary/aromatic N) is 2. The van der Waals surface area contributed by atoms with Crippen LogP contribution < -0.4 is 14.4 Å². The molecule has 0 radical (unpaired) electrons. The molecule has 1 amide bonds. The third-order valence-electron chi connectivity index (χ3n) is 5.96. The van der Waals surface area contributed by atoms with Crippen molar-refractivity contribution < 1.29 is 37.3 Å². The molecule has 0 aliphatic carbocycles. The zero-order valence-electron chi connectivity index (χ0n) is 18.7. The highest BCUT2D eigenvalue weighted by Crippen LogP contribution is 2.43. The van der Waals surface area contributed by atoms with E-state index in [1.165, 1.54) is 24.5 Å². The van der Waals surface area contributed by atoms with Crippen molar-refractivity contribution in [2.75, 3.05) is 11.5 Å². The van der Waals surface area contributed by atoms with E-state index < -0.39 is 35.6 Å². The van der Waals surface area contributed by atoms with E-state index in [9.17, 15) is 27.9 Å². The number of ether oxygens (including phenoxy) is 2. The first kappa shape index (κ1) is 23.4. The smallest absolute Gasteiger partial charge is 0.507 e. The standard InChI is InChI=1S/C26H19F3N2O5/c27-26(28,29)36-19-7-1-6-18(13-19)31-22(17-4-2-10-30-14-17)21(24(33)25(31)34)23(32)16-8-9-20-15(12-16)5-3-11-35-20/h1-2,4,6-10,12-14,22,32H,3,5,11H2/b23-21-. The van der Waals surface area contributed by atoms with Crippen LogP contribution in [-0.4, -0.2) is 34.8 Å². The number of ketones is 1. The van der Waals surface area contributed by atoms with E-state index >= 15 is 0 Å². The van der Waals surface area contributed by atoms with Crippen molar-refractivity contribution in [3.05, 3.63) is 89.3 Å². The van der Waals surface area contributed by atoms with Gasteiger partial charge in [0.15, 0.2) is 0 Å². The van der Waals surface area contributed by atoms with Crippen molar-refractivity contribution in [1.82, 2.24) is 4.98 Å². The summed E-state index contributed by atoms with van der Waals surface area (Å²) < 4.78 is 48.0. The molecule has 7 nitrogen and oxygen atoms in total. The van der Waals surface area contributed by atoms with E-state index in [1.54, 1.807) is 30.3 Å². The first-order chi connectivity index (χ1) is 17.2. The summed E-state index contributed by atoms with van der Waals surface area (Å²) in [6.07, 6.45) is -0.493. The second kappa shape index (κ2) is 9.03. The lowest BCUT2D eigenvalue weighted by atomic mass is 9.94. The molecular weight excluding hydrogens is 477 g/mol. The largest absolute Gasteiger partial charge is 0.573 e. The van der Waals surface area contributed by atoms with E-state index in [-0.39, 0.29) is 11.3 Å². The molecule has 1 unspecified atom stereocenters. The van der Waals surface area contributed by atoms with Crippen molar-refractivity contribution in [1.29, 1.82) is 0 Å². The Kier molecular flexibility index (Phi) is 5.87. The lowest BCUT2D eigenvalue weighted by molar-refractivity contribution is -0.274. The third kappa shape index (κ3) is 4.37. The van der Waals surface area contributed by atoms with Gasteiger partial charge in [0.25, 0.3) is 11.7 Å². The van der Waals surface area contributed by atoms with Crippen LogP contribution in [0.5, 0.6) is 11.5 Å². The van der Waals surface area contributed by atoms with Crippen molar-refractivity contribution in [3.8, 4) is 11.5 Å². The molecular formula is C26H19F3N2O5. The van der Waals surface area contributed by atoms with Gasteiger partial charge in [-0.3, -0.25) is 19.5 Å². The molecule has 1 aromatic heterocycles. The molecule has 1 fully saturated rings. The molecule has 0 saturated carbocycles. The highest BCUT2D eigenvalue weighted by Gasteiger charge is 2.47. The first-order valence-electron chi connectivity index (χ1n) is 11.1. The van der Waals surface area contributed by atoms with E-state index in [0.29, 0.717) is 23.5 Å². The quantitative estimate of drug-likeness (QED) is 0.313. The number of rotatable bonds is 4. The summed E-state index contributed by atoms with van der Waals surface area (Å²) >= 11 is 0. The number of aromatic nitrogens is 1. The molecule has 184 valence electrons. The highest BCUT2D eigenvalue weighted by molar-refractivity contribution is 6.51. The van der Waals surface area contributed by atoms with Crippen LogP contribution in [0.4, 0.5) is 18.9 Å². The van der Waals surface area contributed by atoms with Crippen LogP contribution in [0.25, 0.3) is 5.76 Å². The summed E-state index contributed by atoms with van der Waals surface area (Å²) in [5.41, 5.74) is 1.36. The Morgan fingerprint density at radius 2 is 1.94 bits per heavy atom. The fourth-order valence-electron chi connectivity index (χ4n) is 4.45. The van der Waals surface area contributed by atoms with Crippen molar-refractivity contribution in [2.45, 2.75) is 25.2 Å². The van der Waals surface area contributed by atoms with Crippen LogP contribution in [0, 0.1) is 0 Å². The summed E-state index contributed by atoms with van der Waals surface area (Å²) in [6.45, 7) is 0.585. The molecule has 0 bridgehead atoms. The number of pyridine rings is 1. The number of aliphatic hydroxyl groups excluding tert-OH is 1. The van der Waals surface area contributed by atoms with Gasteiger partial charge in [-0.2, -0.15) is 0 Å². The lowest BCUT2D eigenvalue weighted by Gasteiger charge is -2.25. The maximum absolute atomic E-state index is 13.2. The van der Waals surface area contributed by atoms with Crippen molar-refractivity contribution >= 4 is 23.1 Å². The Hall–Kier alpha value is -4.34. The van der Waals surface area contributed by atoms with Crippen molar-refractivity contribution in [2.24, 2.45) is 0 Å². The number of halogens is 3. The fourth-order valence-corrected chi connectivity index (χ4v) is 4.45. The summed E-state index contributed by atoms with van der Waals surface area (Å²) in [7, 11) is 0. The van der Waals surface area contributed by atoms with E-state index in [0.717, 1.165) is 35.4 Å². The predicted octanol–water partition coefficient (Wildman–Crippen LogP) is 4.93. The number of alkyl halides is 3. The number of benzene rings is 2. The molecule has 3 aromatic rings. The van der Waals surface area contributed by atoms with Gasteiger partial charge in [0, 0.05) is 29.7 Å². The van der Waals surface area contributed by atoms with Crippen LogP contribution in [0.1, 0.15) is 29.2 Å². The number of fused-ring (bicyclic) bond motifs is 1. The normalized spacial score (nSPS) is 19.1. The number of amides is 1. The predicted molar refractivity (Wildman–Crippen MR) is 122 cm³/mol. The fraction of sp³-hybridized carbons (Fsp3) is 0.192. The summed E-state index contributed by atoms with van der Waals surface area (Å²) in [5.74, 6) is -2.25. The molecule has 2 aromatic carbocycles. The molecule has 1 saturated heterocycles. The average Bonchev–Trinajstić information content (AvgIpc) is 3.13. The van der Waals surface area contributed by atoms with Crippen LogP contribution in [0.3, 0.4) is 0 Å². The molecule has 36 heavy (non-hydrogen) atoms. The second-order valence-electron chi connectivity index (χ2n) is 8.28. The zero-order chi connectivity index (χ0) is 25.4. The van der Waals surface area contributed by atoms with Gasteiger partial charge in [-0.05, 0) is 60.4 Å². The van der Waals surface area contributed by atoms with Crippen LogP contribution in [0.2, 0.25) is 0 Å². The summed E-state index contributed by atoms with van der Waals surface area (Å²) in [4.78, 5) is 31.5. The van der Waals surface area contributed by atoms with Crippen LogP contribution >= 0.6 is 0 Å². The molecule has 3 heterocycles. The van der Waals surface area contributed by atoms with E-state index in [1.807, 2.05) is 0 Å². The van der Waals surface area contributed by atoms with Gasteiger partial charge in [-0.1, -0.05) is 12.1 Å². The number of anilines is 1. The first-order valence-corrected chi connectivity index (χ1v) is 11.1. The average molecular weight is 496 g/mol. The Labute approximate surface area is 203 Å². The van der Waals surface area contributed by atoms with Crippen molar-refractivity contribution in [3.63, 3.8) is 0 Å². The number of Topliss-reactive ketones (excluding diaryl/α,β-unsaturated/α-hetero) is 1. The van der Waals surface area contributed by atoms with Crippen LogP contribution in [0.15, 0.2) is 72.6 Å². The number of carbonyl (C=O) groups excluding carboxylic acids is 2.